The summed E-state index contributed by atoms with van der Waals surface area (Å²) in [5, 5.41) is 5.61. The molecule has 1 fully saturated rings. The van der Waals surface area contributed by atoms with Gasteiger partial charge in [-0.05, 0) is 62.1 Å². The van der Waals surface area contributed by atoms with Crippen LogP contribution in [0.3, 0.4) is 0 Å². The zero-order valence-electron chi connectivity index (χ0n) is 11.8. The molecule has 102 valence electrons. The number of nitrogens with one attached hydrogen (secondary N) is 1. The molecule has 1 aliphatic carbocycles. The van der Waals surface area contributed by atoms with Crippen molar-refractivity contribution >= 4 is 11.3 Å². The van der Waals surface area contributed by atoms with E-state index in [-0.39, 0.29) is 0 Å². The molecule has 0 saturated heterocycles. The van der Waals surface area contributed by atoms with E-state index >= 15 is 0 Å². The lowest BCUT2D eigenvalue weighted by Gasteiger charge is -2.36. The van der Waals surface area contributed by atoms with E-state index < -0.39 is 0 Å². The molecular weight excluding hydrogens is 238 g/mol. The molecule has 1 aromatic heterocycles. The minimum atomic E-state index is 0.894. The van der Waals surface area contributed by atoms with Crippen molar-refractivity contribution in [2.45, 2.75) is 45.4 Å². The van der Waals surface area contributed by atoms with Crippen LogP contribution < -0.4 is 5.32 Å². The maximum absolute atomic E-state index is 3.40. The van der Waals surface area contributed by atoms with Crippen molar-refractivity contribution in [3.63, 3.8) is 0 Å². The lowest BCUT2D eigenvalue weighted by atomic mass is 9.71. The minimum Gasteiger partial charge on any atom is -0.319 e. The van der Waals surface area contributed by atoms with Gasteiger partial charge >= 0.3 is 0 Å². The Labute approximate surface area is 116 Å². The summed E-state index contributed by atoms with van der Waals surface area (Å²) in [6.45, 7) is 3.53. The third-order valence-corrected chi connectivity index (χ3v) is 5.35. The van der Waals surface area contributed by atoms with Gasteiger partial charge in [-0.15, -0.1) is 11.3 Å². The Kier molecular flexibility index (Phi) is 5.71. The fourth-order valence-electron chi connectivity index (χ4n) is 3.56. The summed E-state index contributed by atoms with van der Waals surface area (Å²) in [4.78, 5) is 1.58. The van der Waals surface area contributed by atoms with Crippen molar-refractivity contribution in [3.8, 4) is 0 Å². The third-order valence-electron chi connectivity index (χ3n) is 4.46. The highest BCUT2D eigenvalue weighted by Crippen LogP contribution is 2.38. The molecular formula is C16H27NS. The van der Waals surface area contributed by atoms with Crippen LogP contribution in [0.5, 0.6) is 0 Å². The Hall–Kier alpha value is -0.340. The molecule has 1 saturated carbocycles. The van der Waals surface area contributed by atoms with E-state index in [1.54, 1.807) is 4.88 Å². The average molecular weight is 265 g/mol. The summed E-state index contributed by atoms with van der Waals surface area (Å²) in [6.07, 6.45) is 8.45. The topological polar surface area (TPSA) is 12.0 Å². The minimum absolute atomic E-state index is 0.894. The van der Waals surface area contributed by atoms with Crippen LogP contribution in [-0.4, -0.2) is 13.6 Å². The Morgan fingerprint density at radius 2 is 2.22 bits per heavy atom. The second-order valence-corrected chi connectivity index (χ2v) is 6.86. The van der Waals surface area contributed by atoms with E-state index in [9.17, 15) is 0 Å². The zero-order chi connectivity index (χ0) is 12.8. The van der Waals surface area contributed by atoms with E-state index in [4.69, 9.17) is 0 Å². The quantitative estimate of drug-likeness (QED) is 0.806. The van der Waals surface area contributed by atoms with Gasteiger partial charge in [0, 0.05) is 4.88 Å². The first-order valence-electron chi connectivity index (χ1n) is 7.50. The monoisotopic (exact) mass is 265 g/mol. The molecule has 0 bridgehead atoms. The van der Waals surface area contributed by atoms with Gasteiger partial charge in [0.1, 0.15) is 0 Å². The number of hydrogen-bond acceptors (Lipinski definition) is 2. The summed E-state index contributed by atoms with van der Waals surface area (Å²) in [5.41, 5.74) is 0. The molecule has 1 nitrogen and oxygen atoms in total. The largest absolute Gasteiger partial charge is 0.319 e. The standard InChI is InChI=1S/C16H27NS/c1-3-5-13-7-8-14(12-17-2)15(10-13)11-16-6-4-9-18-16/h4,6,9,13-15,17H,3,5,7-8,10-12H2,1-2H3. The van der Waals surface area contributed by atoms with Gasteiger partial charge in [0.05, 0.1) is 0 Å². The molecule has 1 aromatic rings. The molecule has 18 heavy (non-hydrogen) atoms. The maximum Gasteiger partial charge on any atom is 0.00480 e. The van der Waals surface area contributed by atoms with Gasteiger partial charge in [-0.25, -0.2) is 0 Å². The van der Waals surface area contributed by atoms with Gasteiger partial charge in [0.15, 0.2) is 0 Å². The molecule has 0 aromatic carbocycles. The lowest BCUT2D eigenvalue weighted by Crippen LogP contribution is -2.32. The van der Waals surface area contributed by atoms with Crippen molar-refractivity contribution in [1.29, 1.82) is 0 Å². The normalized spacial score (nSPS) is 28.4. The van der Waals surface area contributed by atoms with Gasteiger partial charge in [-0.3, -0.25) is 0 Å². The zero-order valence-corrected chi connectivity index (χ0v) is 12.6. The van der Waals surface area contributed by atoms with Gasteiger partial charge < -0.3 is 5.32 Å². The van der Waals surface area contributed by atoms with E-state index in [2.05, 4.69) is 36.8 Å². The van der Waals surface area contributed by atoms with Crippen LogP contribution in [0.2, 0.25) is 0 Å². The Morgan fingerprint density at radius 1 is 1.33 bits per heavy atom. The van der Waals surface area contributed by atoms with E-state index in [0.29, 0.717) is 0 Å². The molecule has 0 spiro atoms. The molecule has 2 rings (SSSR count). The first-order valence-corrected chi connectivity index (χ1v) is 8.38. The van der Waals surface area contributed by atoms with Crippen molar-refractivity contribution < 1.29 is 0 Å². The van der Waals surface area contributed by atoms with Gasteiger partial charge in [-0.1, -0.05) is 32.3 Å². The highest BCUT2D eigenvalue weighted by molar-refractivity contribution is 7.09. The summed E-state index contributed by atoms with van der Waals surface area (Å²) in [5.74, 6) is 2.79. The second kappa shape index (κ2) is 7.30. The maximum atomic E-state index is 3.40. The molecule has 1 aliphatic rings. The predicted octanol–water partition coefficient (Wildman–Crippen LogP) is 4.34. The smallest absolute Gasteiger partial charge is 0.00480 e. The molecule has 0 radical (unpaired) electrons. The van der Waals surface area contributed by atoms with Crippen LogP contribution in [0.25, 0.3) is 0 Å². The van der Waals surface area contributed by atoms with E-state index in [1.165, 1.54) is 45.1 Å². The Balaban J connectivity index is 1.95. The number of rotatable bonds is 6. The van der Waals surface area contributed by atoms with E-state index in [0.717, 1.165) is 17.8 Å². The molecule has 0 aliphatic heterocycles. The van der Waals surface area contributed by atoms with Gasteiger partial charge in [0.25, 0.3) is 0 Å². The van der Waals surface area contributed by atoms with Crippen LogP contribution in [0.15, 0.2) is 17.5 Å². The van der Waals surface area contributed by atoms with Gasteiger partial charge in [-0.2, -0.15) is 0 Å². The Morgan fingerprint density at radius 3 is 2.89 bits per heavy atom. The van der Waals surface area contributed by atoms with Crippen LogP contribution in [0, 0.1) is 17.8 Å². The predicted molar refractivity (Wildman–Crippen MR) is 81.2 cm³/mol. The van der Waals surface area contributed by atoms with Crippen LogP contribution in [0.4, 0.5) is 0 Å². The summed E-state index contributed by atoms with van der Waals surface area (Å²) in [6, 6.07) is 4.50. The fraction of sp³-hybridized carbons (Fsp3) is 0.750. The van der Waals surface area contributed by atoms with E-state index in [1.807, 2.05) is 11.3 Å². The number of hydrogen-bond donors (Lipinski definition) is 1. The van der Waals surface area contributed by atoms with Crippen molar-refractivity contribution in [2.75, 3.05) is 13.6 Å². The molecule has 1 N–H and O–H groups in total. The first kappa shape index (κ1) is 14.1. The fourth-order valence-corrected chi connectivity index (χ4v) is 4.36. The van der Waals surface area contributed by atoms with Crippen molar-refractivity contribution in [3.05, 3.63) is 22.4 Å². The van der Waals surface area contributed by atoms with Crippen molar-refractivity contribution in [2.24, 2.45) is 17.8 Å². The highest BCUT2D eigenvalue weighted by Gasteiger charge is 2.29. The molecule has 2 heteroatoms. The van der Waals surface area contributed by atoms with Crippen LogP contribution in [-0.2, 0) is 6.42 Å². The summed E-state index contributed by atoms with van der Waals surface area (Å²) in [7, 11) is 2.10. The van der Waals surface area contributed by atoms with Crippen LogP contribution >= 0.6 is 11.3 Å². The number of thiophene rings is 1. The molecule has 3 atom stereocenters. The average Bonchev–Trinajstić information content (AvgIpc) is 2.86. The van der Waals surface area contributed by atoms with Crippen molar-refractivity contribution in [1.82, 2.24) is 5.32 Å². The summed E-state index contributed by atoms with van der Waals surface area (Å²) >= 11 is 1.93. The highest BCUT2D eigenvalue weighted by atomic mass is 32.1. The first-order chi connectivity index (χ1) is 8.83. The molecule has 0 amide bonds. The third kappa shape index (κ3) is 3.83. The Bertz CT molecular complexity index is 320. The molecule has 3 unspecified atom stereocenters. The summed E-state index contributed by atoms with van der Waals surface area (Å²) < 4.78 is 0. The molecule has 1 heterocycles. The second-order valence-electron chi connectivity index (χ2n) is 5.83. The van der Waals surface area contributed by atoms with Crippen LogP contribution in [0.1, 0.15) is 43.9 Å². The SMILES string of the molecule is CCCC1CCC(CNC)C(Cc2cccs2)C1. The van der Waals surface area contributed by atoms with Gasteiger partial charge in [0.2, 0.25) is 0 Å². The lowest BCUT2D eigenvalue weighted by molar-refractivity contribution is 0.170.